The topological polar surface area (TPSA) is 46.3 Å². The van der Waals surface area contributed by atoms with E-state index in [2.05, 4.69) is 13.8 Å². The van der Waals surface area contributed by atoms with Crippen molar-refractivity contribution in [2.45, 2.75) is 46.5 Å². The van der Waals surface area contributed by atoms with E-state index < -0.39 is 0 Å². The third kappa shape index (κ3) is 2.97. The average Bonchev–Trinajstić information content (AvgIpc) is 2.31. The van der Waals surface area contributed by atoms with Crippen LogP contribution in [-0.2, 0) is 4.79 Å². The third-order valence-electron chi connectivity index (χ3n) is 4.26. The maximum absolute atomic E-state index is 12.1. The second kappa shape index (κ2) is 5.67. The standard InChI is InChI=1S/C13H26N2O/c1-4-11(10-14)12(16)15-8-6-13(3,5-2)7-9-15/h11H,4-10,14H2,1-3H3. The van der Waals surface area contributed by atoms with Crippen molar-refractivity contribution in [2.75, 3.05) is 19.6 Å². The van der Waals surface area contributed by atoms with Crippen molar-refractivity contribution in [3.8, 4) is 0 Å². The van der Waals surface area contributed by atoms with Crippen LogP contribution >= 0.6 is 0 Å². The fraction of sp³-hybridized carbons (Fsp3) is 0.923. The third-order valence-corrected chi connectivity index (χ3v) is 4.26. The molecule has 1 aliphatic heterocycles. The van der Waals surface area contributed by atoms with E-state index in [1.165, 1.54) is 6.42 Å². The van der Waals surface area contributed by atoms with Crippen molar-refractivity contribution in [1.82, 2.24) is 4.90 Å². The normalized spacial score (nSPS) is 21.9. The number of hydrogen-bond acceptors (Lipinski definition) is 2. The van der Waals surface area contributed by atoms with E-state index in [-0.39, 0.29) is 11.8 Å². The minimum Gasteiger partial charge on any atom is -0.342 e. The zero-order valence-corrected chi connectivity index (χ0v) is 11.0. The van der Waals surface area contributed by atoms with E-state index in [1.807, 2.05) is 11.8 Å². The van der Waals surface area contributed by atoms with Crippen LogP contribution in [0.4, 0.5) is 0 Å². The number of nitrogens with zero attached hydrogens (tertiary/aromatic N) is 1. The van der Waals surface area contributed by atoms with Crippen LogP contribution in [0.15, 0.2) is 0 Å². The van der Waals surface area contributed by atoms with Crippen LogP contribution in [0, 0.1) is 11.3 Å². The first-order chi connectivity index (χ1) is 7.56. The molecule has 1 aliphatic rings. The molecule has 1 unspecified atom stereocenters. The van der Waals surface area contributed by atoms with Crippen LogP contribution < -0.4 is 5.73 Å². The zero-order valence-electron chi connectivity index (χ0n) is 11.0. The van der Waals surface area contributed by atoms with E-state index in [9.17, 15) is 4.79 Å². The van der Waals surface area contributed by atoms with Crippen LogP contribution in [0.25, 0.3) is 0 Å². The highest BCUT2D eigenvalue weighted by atomic mass is 16.2. The van der Waals surface area contributed by atoms with Gasteiger partial charge in [-0.2, -0.15) is 0 Å². The summed E-state index contributed by atoms with van der Waals surface area (Å²) in [4.78, 5) is 14.1. The van der Waals surface area contributed by atoms with Gasteiger partial charge in [0.15, 0.2) is 0 Å². The van der Waals surface area contributed by atoms with Gasteiger partial charge in [0, 0.05) is 19.6 Å². The Labute approximate surface area is 99.4 Å². The molecule has 2 N–H and O–H groups in total. The molecule has 1 amide bonds. The largest absolute Gasteiger partial charge is 0.342 e. The molecule has 1 heterocycles. The van der Waals surface area contributed by atoms with Crippen molar-refractivity contribution >= 4 is 5.91 Å². The molecule has 0 spiro atoms. The summed E-state index contributed by atoms with van der Waals surface area (Å²) < 4.78 is 0. The highest BCUT2D eigenvalue weighted by Crippen LogP contribution is 2.34. The number of hydrogen-bond donors (Lipinski definition) is 1. The lowest BCUT2D eigenvalue weighted by molar-refractivity contribution is -0.137. The van der Waals surface area contributed by atoms with Crippen LogP contribution in [-0.4, -0.2) is 30.4 Å². The number of likely N-dealkylation sites (tertiary alicyclic amines) is 1. The molecule has 1 saturated heterocycles. The average molecular weight is 226 g/mol. The first kappa shape index (κ1) is 13.5. The predicted octanol–water partition coefficient (Wildman–Crippen LogP) is 2.01. The van der Waals surface area contributed by atoms with Gasteiger partial charge in [-0.25, -0.2) is 0 Å². The smallest absolute Gasteiger partial charge is 0.226 e. The number of piperidine rings is 1. The molecular weight excluding hydrogens is 200 g/mol. The van der Waals surface area contributed by atoms with Crippen molar-refractivity contribution in [3.05, 3.63) is 0 Å². The van der Waals surface area contributed by atoms with Crippen molar-refractivity contribution in [2.24, 2.45) is 17.1 Å². The maximum Gasteiger partial charge on any atom is 0.226 e. The van der Waals surface area contributed by atoms with E-state index in [4.69, 9.17) is 5.73 Å². The molecule has 1 atom stereocenters. The molecule has 94 valence electrons. The molecule has 1 rings (SSSR count). The number of amides is 1. The fourth-order valence-corrected chi connectivity index (χ4v) is 2.32. The molecule has 0 aromatic heterocycles. The molecule has 0 aromatic carbocycles. The lowest BCUT2D eigenvalue weighted by Gasteiger charge is -2.40. The Hall–Kier alpha value is -0.570. The minimum absolute atomic E-state index is 0.0333. The molecule has 0 aliphatic carbocycles. The molecule has 3 nitrogen and oxygen atoms in total. The Morgan fingerprint density at radius 3 is 2.31 bits per heavy atom. The Morgan fingerprint density at radius 2 is 1.94 bits per heavy atom. The van der Waals surface area contributed by atoms with Gasteiger partial charge < -0.3 is 10.6 Å². The highest BCUT2D eigenvalue weighted by molar-refractivity contribution is 5.79. The van der Waals surface area contributed by atoms with E-state index >= 15 is 0 Å². The summed E-state index contributed by atoms with van der Waals surface area (Å²) in [6.45, 7) is 8.92. The summed E-state index contributed by atoms with van der Waals surface area (Å²) in [5, 5.41) is 0. The summed E-state index contributed by atoms with van der Waals surface area (Å²) in [6.07, 6.45) is 4.34. The number of carbonyl (C=O) groups excluding carboxylic acids is 1. The maximum atomic E-state index is 12.1. The van der Waals surface area contributed by atoms with Crippen molar-refractivity contribution < 1.29 is 4.79 Å². The van der Waals surface area contributed by atoms with E-state index in [0.29, 0.717) is 12.0 Å². The Morgan fingerprint density at radius 1 is 1.38 bits per heavy atom. The van der Waals surface area contributed by atoms with Crippen LogP contribution in [0.2, 0.25) is 0 Å². The van der Waals surface area contributed by atoms with Gasteiger partial charge in [0.1, 0.15) is 0 Å². The van der Waals surface area contributed by atoms with Crippen LogP contribution in [0.3, 0.4) is 0 Å². The van der Waals surface area contributed by atoms with Gasteiger partial charge in [-0.1, -0.05) is 27.2 Å². The summed E-state index contributed by atoms with van der Waals surface area (Å²) in [5.41, 5.74) is 6.07. The van der Waals surface area contributed by atoms with Gasteiger partial charge in [0.25, 0.3) is 0 Å². The van der Waals surface area contributed by atoms with Gasteiger partial charge in [0.2, 0.25) is 5.91 Å². The minimum atomic E-state index is 0.0333. The SMILES string of the molecule is CCC(CN)C(=O)N1CCC(C)(CC)CC1. The van der Waals surface area contributed by atoms with Gasteiger partial charge in [-0.3, -0.25) is 4.79 Å². The molecular formula is C13H26N2O. The van der Waals surface area contributed by atoms with E-state index in [0.717, 1.165) is 32.4 Å². The van der Waals surface area contributed by atoms with Gasteiger partial charge in [-0.15, -0.1) is 0 Å². The molecule has 0 bridgehead atoms. The highest BCUT2D eigenvalue weighted by Gasteiger charge is 2.31. The summed E-state index contributed by atoms with van der Waals surface area (Å²) in [7, 11) is 0. The molecule has 0 saturated carbocycles. The van der Waals surface area contributed by atoms with Crippen molar-refractivity contribution in [1.29, 1.82) is 0 Å². The Bertz CT molecular complexity index is 228. The van der Waals surface area contributed by atoms with Crippen LogP contribution in [0.1, 0.15) is 46.5 Å². The lowest BCUT2D eigenvalue weighted by Crippen LogP contribution is -2.45. The summed E-state index contributed by atoms with van der Waals surface area (Å²) in [6, 6.07) is 0. The van der Waals surface area contributed by atoms with E-state index in [1.54, 1.807) is 0 Å². The molecule has 3 heteroatoms. The lowest BCUT2D eigenvalue weighted by atomic mass is 9.78. The Balaban J connectivity index is 2.50. The second-order valence-corrected chi connectivity index (χ2v) is 5.33. The molecule has 0 aromatic rings. The molecule has 0 radical (unpaired) electrons. The zero-order chi connectivity index (χ0) is 12.2. The summed E-state index contributed by atoms with van der Waals surface area (Å²) >= 11 is 0. The molecule has 16 heavy (non-hydrogen) atoms. The van der Waals surface area contributed by atoms with Gasteiger partial charge in [-0.05, 0) is 24.7 Å². The monoisotopic (exact) mass is 226 g/mol. The fourth-order valence-electron chi connectivity index (χ4n) is 2.32. The van der Waals surface area contributed by atoms with Gasteiger partial charge in [0.05, 0.1) is 5.92 Å². The Kier molecular flexibility index (Phi) is 4.78. The number of rotatable bonds is 4. The first-order valence-corrected chi connectivity index (χ1v) is 6.55. The second-order valence-electron chi connectivity index (χ2n) is 5.33. The quantitative estimate of drug-likeness (QED) is 0.797. The first-order valence-electron chi connectivity index (χ1n) is 6.55. The summed E-state index contributed by atoms with van der Waals surface area (Å²) in [5.74, 6) is 0.300. The van der Waals surface area contributed by atoms with Crippen LogP contribution in [0.5, 0.6) is 0 Å². The number of carbonyl (C=O) groups is 1. The molecule has 1 fully saturated rings. The van der Waals surface area contributed by atoms with Gasteiger partial charge >= 0.3 is 0 Å². The van der Waals surface area contributed by atoms with Crippen molar-refractivity contribution in [3.63, 3.8) is 0 Å². The predicted molar refractivity (Wildman–Crippen MR) is 67.0 cm³/mol. The number of nitrogens with two attached hydrogens (primary N) is 1.